The highest BCUT2D eigenvalue weighted by atomic mass is 79.9. The summed E-state index contributed by atoms with van der Waals surface area (Å²) in [6.45, 7) is 1.83. The van der Waals surface area contributed by atoms with Crippen LogP contribution in [-0.2, 0) is 11.8 Å². The van der Waals surface area contributed by atoms with Gasteiger partial charge in [-0.15, -0.1) is 0 Å². The second kappa shape index (κ2) is 6.44. The maximum absolute atomic E-state index is 9.20. The number of anilines is 1. The Balaban J connectivity index is 3.20. The summed E-state index contributed by atoms with van der Waals surface area (Å²) in [5.74, 6) is 5.00. The number of hydrogen-bond acceptors (Lipinski definition) is 3. The van der Waals surface area contributed by atoms with Gasteiger partial charge in [-0.2, -0.15) is 0 Å². The number of rotatable bonds is 5. The number of aryl methyl sites for hydroxylation is 1. The molecule has 0 atom stereocenters. The maximum Gasteiger partial charge on any atom is 0.138 e. The van der Waals surface area contributed by atoms with Crippen LogP contribution in [0, 0.1) is 0 Å². The lowest BCUT2D eigenvalue weighted by Crippen LogP contribution is -2.19. The van der Waals surface area contributed by atoms with Crippen molar-refractivity contribution >= 4 is 21.6 Å². The summed E-state index contributed by atoms with van der Waals surface area (Å²) in [6, 6.07) is 5.85. The van der Waals surface area contributed by atoms with E-state index in [1.54, 1.807) is 0 Å². The first kappa shape index (κ1) is 12.9. The van der Waals surface area contributed by atoms with E-state index in [1.165, 1.54) is 10.6 Å². The summed E-state index contributed by atoms with van der Waals surface area (Å²) in [5.41, 5.74) is 3.11. The van der Waals surface area contributed by atoms with Gasteiger partial charge in [-0.05, 0) is 28.8 Å². The minimum Gasteiger partial charge on any atom is -0.374 e. The summed E-state index contributed by atoms with van der Waals surface area (Å²) in [4.78, 5) is 0. The molecule has 0 aliphatic heterocycles. The second-order valence-electron chi connectivity index (χ2n) is 3.15. The Morgan fingerprint density at radius 1 is 1.50 bits per heavy atom. The predicted octanol–water partition coefficient (Wildman–Crippen LogP) is 2.14. The van der Waals surface area contributed by atoms with E-state index in [2.05, 4.69) is 39.4 Å². The molecule has 0 spiro atoms. The van der Waals surface area contributed by atoms with Gasteiger partial charge in [0.15, 0.2) is 0 Å². The molecule has 0 amide bonds. The standard InChI is InChI=1S/C10H15BrN4O/c1-2-8-4-3-5-10(9(8)6-11)15(7-16)14-13-12/h3-5,16H,2,6-7H2,1H3,(H2,12,14). The first-order valence-electron chi connectivity index (χ1n) is 4.94. The third kappa shape index (κ3) is 2.70. The third-order valence-electron chi connectivity index (χ3n) is 2.33. The van der Waals surface area contributed by atoms with Gasteiger partial charge in [-0.3, -0.25) is 0 Å². The van der Waals surface area contributed by atoms with Gasteiger partial charge in [0.05, 0.1) is 5.69 Å². The number of hydrogen-bond donors (Lipinski definition) is 2. The van der Waals surface area contributed by atoms with Gasteiger partial charge < -0.3 is 10.9 Å². The number of nitrogens with two attached hydrogens (primary N) is 1. The molecule has 0 heterocycles. The van der Waals surface area contributed by atoms with Crippen LogP contribution < -0.4 is 10.9 Å². The summed E-state index contributed by atoms with van der Waals surface area (Å²) < 4.78 is 0. The van der Waals surface area contributed by atoms with Crippen molar-refractivity contribution in [3.05, 3.63) is 29.3 Å². The van der Waals surface area contributed by atoms with Crippen LogP contribution in [0.2, 0.25) is 0 Å². The van der Waals surface area contributed by atoms with Crippen molar-refractivity contribution in [3.8, 4) is 0 Å². The van der Waals surface area contributed by atoms with Gasteiger partial charge in [-0.1, -0.05) is 40.2 Å². The molecule has 1 aromatic rings. The van der Waals surface area contributed by atoms with Crippen LogP contribution in [0.3, 0.4) is 0 Å². The largest absolute Gasteiger partial charge is 0.374 e. The Hall–Kier alpha value is -1.14. The molecule has 0 saturated heterocycles. The summed E-state index contributed by atoms with van der Waals surface area (Å²) >= 11 is 3.44. The molecule has 5 nitrogen and oxygen atoms in total. The Kier molecular flexibility index (Phi) is 5.21. The molecule has 0 aromatic heterocycles. The topological polar surface area (TPSA) is 74.2 Å². The minimum atomic E-state index is -0.256. The number of aliphatic hydroxyl groups is 1. The molecule has 88 valence electrons. The normalized spacial score (nSPS) is 10.9. The van der Waals surface area contributed by atoms with Gasteiger partial charge in [0.25, 0.3) is 0 Å². The molecular weight excluding hydrogens is 272 g/mol. The van der Waals surface area contributed by atoms with Gasteiger partial charge in [0.1, 0.15) is 6.73 Å². The Morgan fingerprint density at radius 2 is 2.25 bits per heavy atom. The number of aliphatic hydroxyl groups excluding tert-OH is 1. The predicted molar refractivity (Wildman–Crippen MR) is 67.1 cm³/mol. The lowest BCUT2D eigenvalue weighted by molar-refractivity contribution is 0.289. The van der Waals surface area contributed by atoms with E-state index in [-0.39, 0.29) is 6.73 Å². The van der Waals surface area contributed by atoms with Crippen LogP contribution in [0.4, 0.5) is 5.69 Å². The Bertz CT molecular complexity index is 370. The lowest BCUT2D eigenvalue weighted by atomic mass is 10.0. The quantitative estimate of drug-likeness (QED) is 0.286. The van der Waals surface area contributed by atoms with Crippen LogP contribution in [0.1, 0.15) is 18.1 Å². The van der Waals surface area contributed by atoms with Crippen LogP contribution >= 0.6 is 15.9 Å². The van der Waals surface area contributed by atoms with Gasteiger partial charge in [0, 0.05) is 5.33 Å². The van der Waals surface area contributed by atoms with Crippen LogP contribution in [0.15, 0.2) is 28.6 Å². The van der Waals surface area contributed by atoms with E-state index in [1.807, 2.05) is 12.1 Å². The van der Waals surface area contributed by atoms with Crippen LogP contribution in [0.25, 0.3) is 0 Å². The number of alkyl halides is 1. The molecule has 0 aliphatic rings. The first-order chi connectivity index (χ1) is 7.78. The zero-order valence-electron chi connectivity index (χ0n) is 9.10. The van der Waals surface area contributed by atoms with Crippen LogP contribution in [-0.4, -0.2) is 11.8 Å². The highest BCUT2D eigenvalue weighted by molar-refractivity contribution is 9.08. The highest BCUT2D eigenvalue weighted by Crippen LogP contribution is 2.26. The molecule has 16 heavy (non-hydrogen) atoms. The monoisotopic (exact) mass is 286 g/mol. The van der Waals surface area contributed by atoms with Crippen molar-refractivity contribution < 1.29 is 5.11 Å². The molecule has 6 heteroatoms. The maximum atomic E-state index is 9.20. The fourth-order valence-corrected chi connectivity index (χ4v) is 2.21. The molecule has 0 unspecified atom stereocenters. The molecule has 0 bridgehead atoms. The summed E-state index contributed by atoms with van der Waals surface area (Å²) in [5, 5.41) is 18.1. The fourth-order valence-electron chi connectivity index (χ4n) is 1.56. The van der Waals surface area contributed by atoms with Gasteiger partial charge in [0.2, 0.25) is 0 Å². The zero-order valence-corrected chi connectivity index (χ0v) is 10.7. The van der Waals surface area contributed by atoms with Crippen molar-refractivity contribution in [2.45, 2.75) is 18.7 Å². The summed E-state index contributed by atoms with van der Waals surface area (Å²) in [7, 11) is 0. The van der Waals surface area contributed by atoms with Gasteiger partial charge in [-0.25, -0.2) is 5.01 Å². The van der Waals surface area contributed by atoms with E-state index in [0.717, 1.165) is 17.7 Å². The minimum absolute atomic E-state index is 0.256. The van der Waals surface area contributed by atoms with E-state index in [9.17, 15) is 5.11 Å². The SMILES string of the molecule is CCc1cccc(N(CO)/N=N\N)c1CBr. The average molecular weight is 287 g/mol. The molecule has 0 radical (unpaired) electrons. The van der Waals surface area contributed by atoms with E-state index < -0.39 is 0 Å². The second-order valence-corrected chi connectivity index (χ2v) is 3.71. The van der Waals surface area contributed by atoms with E-state index in [0.29, 0.717) is 5.33 Å². The van der Waals surface area contributed by atoms with Crippen molar-refractivity contribution in [2.24, 2.45) is 16.3 Å². The average Bonchev–Trinajstić information content (AvgIpc) is 2.34. The molecule has 0 aliphatic carbocycles. The van der Waals surface area contributed by atoms with Crippen molar-refractivity contribution in [3.63, 3.8) is 0 Å². The fraction of sp³-hybridized carbons (Fsp3) is 0.400. The lowest BCUT2D eigenvalue weighted by Gasteiger charge is -2.19. The molecule has 0 fully saturated rings. The number of halogens is 1. The van der Waals surface area contributed by atoms with E-state index >= 15 is 0 Å². The Labute approximate surface area is 103 Å². The van der Waals surface area contributed by atoms with Crippen LogP contribution in [0.5, 0.6) is 0 Å². The van der Waals surface area contributed by atoms with Gasteiger partial charge >= 0.3 is 0 Å². The van der Waals surface area contributed by atoms with Crippen molar-refractivity contribution in [1.29, 1.82) is 0 Å². The molecular formula is C10H15BrN4O. The smallest absolute Gasteiger partial charge is 0.138 e. The Morgan fingerprint density at radius 3 is 2.75 bits per heavy atom. The molecule has 3 N–H and O–H groups in total. The third-order valence-corrected chi connectivity index (χ3v) is 2.90. The zero-order chi connectivity index (χ0) is 12.0. The highest BCUT2D eigenvalue weighted by Gasteiger charge is 2.11. The summed E-state index contributed by atoms with van der Waals surface area (Å²) in [6.07, 6.45) is 0.924. The first-order valence-corrected chi connectivity index (χ1v) is 6.06. The molecule has 1 rings (SSSR count). The number of benzene rings is 1. The van der Waals surface area contributed by atoms with Crippen molar-refractivity contribution in [2.75, 3.05) is 11.7 Å². The molecule has 0 saturated carbocycles. The van der Waals surface area contributed by atoms with Crippen molar-refractivity contribution in [1.82, 2.24) is 0 Å². The van der Waals surface area contributed by atoms with E-state index in [4.69, 9.17) is 5.84 Å². The number of nitrogens with zero attached hydrogens (tertiary/aromatic N) is 3. The molecule has 1 aromatic carbocycles.